The summed E-state index contributed by atoms with van der Waals surface area (Å²) in [6, 6.07) is 3.27. The van der Waals surface area contributed by atoms with Crippen molar-refractivity contribution >= 4 is 23.7 Å². The maximum absolute atomic E-state index is 11.6. The van der Waals surface area contributed by atoms with Crippen LogP contribution >= 0.6 is 11.6 Å². The number of hydrogen-bond donors (Lipinski definition) is 1. The van der Waals surface area contributed by atoms with Crippen molar-refractivity contribution < 1.29 is 24.2 Å². The summed E-state index contributed by atoms with van der Waals surface area (Å²) in [7, 11) is 0. The minimum absolute atomic E-state index is 0.0319. The SMILES string of the molecule is CCCCOC(=O)OCC(Cc1cc(Cl)c(C)cc1C(=O)O)C(C)C. The van der Waals surface area contributed by atoms with E-state index in [1.807, 2.05) is 20.8 Å². The molecule has 6 heteroatoms. The number of rotatable bonds is 9. The summed E-state index contributed by atoms with van der Waals surface area (Å²) >= 11 is 6.15. The van der Waals surface area contributed by atoms with Gasteiger partial charge in [0.1, 0.15) is 0 Å². The summed E-state index contributed by atoms with van der Waals surface area (Å²) < 4.78 is 10.2. The minimum Gasteiger partial charge on any atom is -0.478 e. The Morgan fingerprint density at radius 2 is 1.92 bits per heavy atom. The molecular weight excluding hydrogens is 344 g/mol. The molecule has 0 spiro atoms. The highest BCUT2D eigenvalue weighted by Crippen LogP contribution is 2.26. The molecule has 0 amide bonds. The van der Waals surface area contributed by atoms with Gasteiger partial charge < -0.3 is 14.6 Å². The number of carboxylic acid groups (broad SMARTS) is 1. The second-order valence-corrected chi connectivity index (χ2v) is 6.94. The van der Waals surface area contributed by atoms with Crippen LogP contribution in [0.15, 0.2) is 12.1 Å². The first-order valence-electron chi connectivity index (χ1n) is 8.58. The van der Waals surface area contributed by atoms with Crippen LogP contribution in [0, 0.1) is 18.8 Å². The number of unbranched alkanes of at least 4 members (excludes halogenated alkanes) is 1. The third-order valence-electron chi connectivity index (χ3n) is 4.17. The molecule has 140 valence electrons. The Hall–Kier alpha value is -1.75. The Morgan fingerprint density at radius 1 is 1.24 bits per heavy atom. The van der Waals surface area contributed by atoms with Crippen LogP contribution < -0.4 is 0 Å². The topological polar surface area (TPSA) is 72.8 Å². The highest BCUT2D eigenvalue weighted by atomic mass is 35.5. The van der Waals surface area contributed by atoms with Crippen LogP contribution in [0.2, 0.25) is 5.02 Å². The van der Waals surface area contributed by atoms with Crippen molar-refractivity contribution in [2.45, 2.75) is 47.0 Å². The molecule has 0 fully saturated rings. The number of aryl methyl sites for hydroxylation is 1. The highest BCUT2D eigenvalue weighted by molar-refractivity contribution is 6.31. The standard InChI is InChI=1S/C19H27ClO5/c1-5-6-7-24-19(23)25-11-15(12(2)3)9-14-10-17(20)13(4)8-16(14)18(21)22/h8,10,12,15H,5-7,9,11H2,1-4H3,(H,21,22). The van der Waals surface area contributed by atoms with Crippen molar-refractivity contribution in [3.8, 4) is 0 Å². The number of halogens is 1. The summed E-state index contributed by atoms with van der Waals surface area (Å²) in [4.78, 5) is 23.1. The Kier molecular flexibility index (Phi) is 8.76. The third-order valence-corrected chi connectivity index (χ3v) is 4.58. The van der Waals surface area contributed by atoms with Gasteiger partial charge in [0.05, 0.1) is 18.8 Å². The van der Waals surface area contributed by atoms with Gasteiger partial charge in [-0.1, -0.05) is 38.8 Å². The van der Waals surface area contributed by atoms with Gasteiger partial charge in [-0.3, -0.25) is 0 Å². The summed E-state index contributed by atoms with van der Waals surface area (Å²) in [6.07, 6.45) is 1.52. The molecule has 0 bridgehead atoms. The van der Waals surface area contributed by atoms with E-state index in [2.05, 4.69) is 0 Å². The molecule has 1 unspecified atom stereocenters. The Labute approximate surface area is 154 Å². The van der Waals surface area contributed by atoms with Gasteiger partial charge in [0.25, 0.3) is 0 Å². The van der Waals surface area contributed by atoms with Crippen LogP contribution in [-0.2, 0) is 15.9 Å². The average molecular weight is 371 g/mol. The predicted octanol–water partition coefficient (Wildman–Crippen LogP) is 5.11. The molecule has 0 aliphatic heterocycles. The van der Waals surface area contributed by atoms with Crippen molar-refractivity contribution in [2.24, 2.45) is 11.8 Å². The minimum atomic E-state index is -0.989. The predicted molar refractivity (Wildman–Crippen MR) is 97.4 cm³/mol. The zero-order chi connectivity index (χ0) is 19.0. The van der Waals surface area contributed by atoms with E-state index in [-0.39, 0.29) is 24.0 Å². The van der Waals surface area contributed by atoms with Gasteiger partial charge in [-0.2, -0.15) is 0 Å². The number of hydrogen-bond acceptors (Lipinski definition) is 4. The number of aromatic carboxylic acids is 1. The van der Waals surface area contributed by atoms with E-state index in [0.717, 1.165) is 18.4 Å². The zero-order valence-corrected chi connectivity index (χ0v) is 16.1. The molecule has 0 saturated heterocycles. The Balaban J connectivity index is 2.80. The van der Waals surface area contributed by atoms with E-state index in [1.165, 1.54) is 0 Å². The van der Waals surface area contributed by atoms with Crippen LogP contribution in [0.4, 0.5) is 4.79 Å². The van der Waals surface area contributed by atoms with Gasteiger partial charge in [0.2, 0.25) is 0 Å². The first kappa shape index (κ1) is 21.3. The van der Waals surface area contributed by atoms with Gasteiger partial charge in [0, 0.05) is 5.02 Å². The van der Waals surface area contributed by atoms with E-state index < -0.39 is 12.1 Å². The molecule has 0 aromatic heterocycles. The van der Waals surface area contributed by atoms with E-state index >= 15 is 0 Å². The lowest BCUT2D eigenvalue weighted by molar-refractivity contribution is 0.0379. The maximum Gasteiger partial charge on any atom is 0.508 e. The Bertz CT molecular complexity index is 598. The molecule has 0 saturated carbocycles. The average Bonchev–Trinajstić information content (AvgIpc) is 2.54. The molecule has 1 aromatic carbocycles. The van der Waals surface area contributed by atoms with Crippen molar-refractivity contribution in [1.29, 1.82) is 0 Å². The fraction of sp³-hybridized carbons (Fsp3) is 0.579. The molecule has 0 radical (unpaired) electrons. The molecule has 25 heavy (non-hydrogen) atoms. The number of ether oxygens (including phenoxy) is 2. The monoisotopic (exact) mass is 370 g/mol. The van der Waals surface area contributed by atoms with Crippen LogP contribution in [-0.4, -0.2) is 30.4 Å². The maximum atomic E-state index is 11.6. The summed E-state index contributed by atoms with van der Waals surface area (Å²) in [6.45, 7) is 8.31. The lowest BCUT2D eigenvalue weighted by Crippen LogP contribution is -2.22. The van der Waals surface area contributed by atoms with Crippen molar-refractivity contribution in [1.82, 2.24) is 0 Å². The Morgan fingerprint density at radius 3 is 2.48 bits per heavy atom. The fourth-order valence-corrected chi connectivity index (χ4v) is 2.56. The fourth-order valence-electron chi connectivity index (χ4n) is 2.38. The number of benzene rings is 1. The number of carboxylic acids is 1. The number of carbonyl (C=O) groups excluding carboxylic acids is 1. The largest absolute Gasteiger partial charge is 0.508 e. The lowest BCUT2D eigenvalue weighted by atomic mass is 9.87. The molecular formula is C19H27ClO5. The van der Waals surface area contributed by atoms with Gasteiger partial charge in [-0.05, 0) is 54.9 Å². The molecule has 0 heterocycles. The van der Waals surface area contributed by atoms with Gasteiger partial charge in [0.15, 0.2) is 0 Å². The van der Waals surface area contributed by atoms with Crippen molar-refractivity contribution in [3.63, 3.8) is 0 Å². The summed E-state index contributed by atoms with van der Waals surface area (Å²) in [5.74, 6) is -0.821. The van der Waals surface area contributed by atoms with Crippen molar-refractivity contribution in [2.75, 3.05) is 13.2 Å². The normalized spacial score (nSPS) is 12.1. The van der Waals surface area contributed by atoms with E-state index in [4.69, 9.17) is 21.1 Å². The second-order valence-electron chi connectivity index (χ2n) is 6.53. The lowest BCUT2D eigenvalue weighted by Gasteiger charge is -2.22. The molecule has 1 aromatic rings. The van der Waals surface area contributed by atoms with Crippen molar-refractivity contribution in [3.05, 3.63) is 33.8 Å². The molecule has 1 rings (SSSR count). The summed E-state index contributed by atoms with van der Waals surface area (Å²) in [5, 5.41) is 9.95. The van der Waals surface area contributed by atoms with E-state index in [0.29, 0.717) is 23.6 Å². The second kappa shape index (κ2) is 10.3. The van der Waals surface area contributed by atoms with Crippen LogP contribution in [0.25, 0.3) is 0 Å². The zero-order valence-electron chi connectivity index (χ0n) is 15.3. The van der Waals surface area contributed by atoms with Crippen LogP contribution in [0.1, 0.15) is 55.1 Å². The highest BCUT2D eigenvalue weighted by Gasteiger charge is 2.21. The summed E-state index contributed by atoms with van der Waals surface area (Å²) in [5.41, 5.74) is 1.60. The first-order chi connectivity index (χ1) is 11.8. The molecule has 0 aliphatic rings. The molecule has 0 aliphatic carbocycles. The smallest absolute Gasteiger partial charge is 0.478 e. The van der Waals surface area contributed by atoms with Gasteiger partial charge >= 0.3 is 12.1 Å². The van der Waals surface area contributed by atoms with Crippen LogP contribution in [0.5, 0.6) is 0 Å². The molecule has 5 nitrogen and oxygen atoms in total. The molecule has 1 N–H and O–H groups in total. The van der Waals surface area contributed by atoms with E-state index in [1.54, 1.807) is 19.1 Å². The van der Waals surface area contributed by atoms with Gasteiger partial charge in [-0.15, -0.1) is 0 Å². The quantitative estimate of drug-likeness (QED) is 0.482. The third kappa shape index (κ3) is 6.94. The van der Waals surface area contributed by atoms with Gasteiger partial charge in [-0.25, -0.2) is 9.59 Å². The van der Waals surface area contributed by atoms with E-state index in [9.17, 15) is 14.7 Å². The van der Waals surface area contributed by atoms with Crippen LogP contribution in [0.3, 0.4) is 0 Å². The molecule has 1 atom stereocenters. The first-order valence-corrected chi connectivity index (χ1v) is 8.95. The number of carbonyl (C=O) groups is 2.